The monoisotopic (exact) mass is 447 g/mol. The predicted molar refractivity (Wildman–Crippen MR) is 121 cm³/mol. The van der Waals surface area contributed by atoms with Gasteiger partial charge in [0.05, 0.1) is 25.0 Å². The molecule has 0 aromatic heterocycles. The van der Waals surface area contributed by atoms with Crippen LogP contribution in [0.1, 0.15) is 12.8 Å². The number of amides is 2. The summed E-state index contributed by atoms with van der Waals surface area (Å²) in [4.78, 5) is 34.1. The Kier molecular flexibility index (Phi) is 6.00. The third kappa shape index (κ3) is 3.78. The van der Waals surface area contributed by atoms with Crippen LogP contribution in [0, 0.1) is 23.7 Å². The number of aliphatic imine (C=N–C) groups is 1. The lowest BCUT2D eigenvalue weighted by atomic mass is 9.85. The summed E-state index contributed by atoms with van der Waals surface area (Å²) in [5.41, 5.74) is 0.136. The summed E-state index contributed by atoms with van der Waals surface area (Å²) in [6, 6.07) is 0. The molecule has 8 nitrogen and oxygen atoms in total. The van der Waals surface area contributed by atoms with Gasteiger partial charge in [0.25, 0.3) is 0 Å². The number of rotatable bonds is 6. The highest BCUT2D eigenvalue weighted by Crippen LogP contribution is 2.52. The molecule has 31 heavy (non-hydrogen) atoms. The summed E-state index contributed by atoms with van der Waals surface area (Å²) < 4.78 is 5.55. The SMILES string of the molecule is CN=C(NCCN1C(=O)C2C3C=CC(C3)C2C1=O)NCC1(N2CCOCC2)CCSC1. The standard InChI is InChI=1S/C22H33N5O3S/c1-23-21(25-13-22(4-11-31-14-22)26-7-9-30-10-8-26)24-5-6-27-19(28)17-15-2-3-16(12-15)18(17)20(27)29/h2-3,15-18H,4-14H2,1H3,(H2,23,24,25). The van der Waals surface area contributed by atoms with Crippen molar-refractivity contribution in [3.05, 3.63) is 12.2 Å². The second-order valence-electron chi connectivity index (χ2n) is 9.31. The number of carbonyl (C=O) groups excluding carboxylic acids is 2. The van der Waals surface area contributed by atoms with Crippen molar-refractivity contribution in [1.82, 2.24) is 20.4 Å². The van der Waals surface area contributed by atoms with Gasteiger partial charge in [-0.2, -0.15) is 11.8 Å². The first-order valence-electron chi connectivity index (χ1n) is 11.5. The van der Waals surface area contributed by atoms with Crippen LogP contribution in [0.2, 0.25) is 0 Å². The third-order valence-corrected chi connectivity index (χ3v) is 9.00. The Balaban J connectivity index is 1.13. The number of nitrogens with one attached hydrogen (secondary N) is 2. The van der Waals surface area contributed by atoms with Crippen LogP contribution in [0.4, 0.5) is 0 Å². The largest absolute Gasteiger partial charge is 0.379 e. The smallest absolute Gasteiger partial charge is 0.233 e. The predicted octanol–water partition coefficient (Wildman–Crippen LogP) is 0.166. The van der Waals surface area contributed by atoms with Crippen molar-refractivity contribution in [1.29, 1.82) is 0 Å². The highest BCUT2D eigenvalue weighted by Gasteiger charge is 2.59. The number of carbonyl (C=O) groups is 2. The van der Waals surface area contributed by atoms with Crippen molar-refractivity contribution in [2.45, 2.75) is 18.4 Å². The Hall–Kier alpha value is -1.58. The summed E-state index contributed by atoms with van der Waals surface area (Å²) in [6.07, 6.45) is 6.41. The number of ether oxygens (including phenoxy) is 1. The number of thioether (sulfide) groups is 1. The van der Waals surface area contributed by atoms with Crippen LogP contribution in [0.15, 0.2) is 17.1 Å². The number of fused-ring (bicyclic) bond motifs is 5. The molecule has 4 fully saturated rings. The number of morpholine rings is 1. The van der Waals surface area contributed by atoms with Crippen molar-refractivity contribution in [3.8, 4) is 0 Å². The molecule has 3 aliphatic heterocycles. The van der Waals surface area contributed by atoms with Crippen LogP contribution in [-0.2, 0) is 14.3 Å². The summed E-state index contributed by atoms with van der Waals surface area (Å²) >= 11 is 2.01. The van der Waals surface area contributed by atoms with Crippen molar-refractivity contribution in [3.63, 3.8) is 0 Å². The van der Waals surface area contributed by atoms with Gasteiger partial charge in [0.2, 0.25) is 11.8 Å². The quantitative estimate of drug-likeness (QED) is 0.260. The zero-order valence-corrected chi connectivity index (χ0v) is 19.0. The number of imide groups is 1. The Labute approximate surface area is 188 Å². The van der Waals surface area contributed by atoms with E-state index in [-0.39, 0.29) is 41.0 Å². The van der Waals surface area contributed by atoms with E-state index in [9.17, 15) is 9.59 Å². The van der Waals surface area contributed by atoms with Crippen molar-refractivity contribution in [2.75, 3.05) is 64.5 Å². The van der Waals surface area contributed by atoms with Gasteiger partial charge in [-0.05, 0) is 30.4 Å². The number of nitrogens with zero attached hydrogens (tertiary/aromatic N) is 3. The average Bonchev–Trinajstić information content (AvgIpc) is 3.58. The van der Waals surface area contributed by atoms with Gasteiger partial charge in [0.1, 0.15) is 0 Å². The number of allylic oxidation sites excluding steroid dienone is 2. The van der Waals surface area contributed by atoms with E-state index >= 15 is 0 Å². The van der Waals surface area contributed by atoms with E-state index in [2.05, 4.69) is 32.7 Å². The van der Waals surface area contributed by atoms with E-state index < -0.39 is 0 Å². The first-order valence-corrected chi connectivity index (χ1v) is 12.7. The lowest BCUT2D eigenvalue weighted by molar-refractivity contribution is -0.140. The highest BCUT2D eigenvalue weighted by molar-refractivity contribution is 7.99. The number of likely N-dealkylation sites (tertiary alicyclic amines) is 1. The number of hydrogen-bond donors (Lipinski definition) is 2. The molecule has 0 aromatic carbocycles. The Bertz CT molecular complexity index is 745. The molecule has 2 bridgehead atoms. The minimum Gasteiger partial charge on any atom is -0.379 e. The summed E-state index contributed by atoms with van der Waals surface area (Å²) in [5, 5.41) is 6.82. The zero-order valence-electron chi connectivity index (χ0n) is 18.2. The molecule has 1 saturated carbocycles. The van der Waals surface area contributed by atoms with Gasteiger partial charge in [-0.15, -0.1) is 0 Å². The molecule has 5 atom stereocenters. The van der Waals surface area contributed by atoms with Crippen LogP contribution < -0.4 is 10.6 Å². The minimum absolute atomic E-state index is 0.0193. The fourth-order valence-electron chi connectivity index (χ4n) is 6.07. The van der Waals surface area contributed by atoms with Crippen LogP contribution >= 0.6 is 11.8 Å². The Morgan fingerprint density at radius 1 is 1.19 bits per heavy atom. The second-order valence-corrected chi connectivity index (χ2v) is 10.4. The second kappa shape index (κ2) is 8.75. The summed E-state index contributed by atoms with van der Waals surface area (Å²) in [5.74, 6) is 3.36. The first-order chi connectivity index (χ1) is 15.1. The number of guanidine groups is 1. The lowest BCUT2D eigenvalue weighted by Crippen LogP contribution is -2.60. The van der Waals surface area contributed by atoms with Crippen LogP contribution in [0.25, 0.3) is 0 Å². The molecule has 170 valence electrons. The molecule has 2 N–H and O–H groups in total. The Morgan fingerprint density at radius 3 is 2.52 bits per heavy atom. The van der Waals surface area contributed by atoms with Crippen molar-refractivity contribution < 1.29 is 14.3 Å². The van der Waals surface area contributed by atoms with E-state index in [4.69, 9.17) is 4.74 Å². The molecule has 0 aromatic rings. The molecule has 3 heterocycles. The molecule has 9 heteroatoms. The first kappa shape index (κ1) is 21.3. The average molecular weight is 448 g/mol. The van der Waals surface area contributed by atoms with Gasteiger partial charge in [0, 0.05) is 51.1 Å². The van der Waals surface area contributed by atoms with Gasteiger partial charge in [0.15, 0.2) is 5.96 Å². The molecule has 5 unspecified atom stereocenters. The minimum atomic E-state index is -0.117. The van der Waals surface area contributed by atoms with Gasteiger partial charge in [-0.1, -0.05) is 12.2 Å². The zero-order chi connectivity index (χ0) is 21.4. The molecule has 3 saturated heterocycles. The summed E-state index contributed by atoms with van der Waals surface area (Å²) in [6.45, 7) is 5.31. The third-order valence-electron chi connectivity index (χ3n) is 7.76. The molecule has 2 aliphatic carbocycles. The topological polar surface area (TPSA) is 86.3 Å². The maximum atomic E-state index is 12.8. The van der Waals surface area contributed by atoms with Crippen LogP contribution in [0.5, 0.6) is 0 Å². The van der Waals surface area contributed by atoms with Gasteiger partial charge >= 0.3 is 0 Å². The van der Waals surface area contributed by atoms with E-state index in [1.54, 1.807) is 7.05 Å². The van der Waals surface area contributed by atoms with E-state index in [1.165, 1.54) is 10.7 Å². The van der Waals surface area contributed by atoms with Crippen molar-refractivity contribution >= 4 is 29.5 Å². The molecule has 5 aliphatic rings. The van der Waals surface area contributed by atoms with Gasteiger partial charge in [-0.3, -0.25) is 24.4 Å². The fraction of sp³-hybridized carbons (Fsp3) is 0.773. The molecule has 0 radical (unpaired) electrons. The maximum Gasteiger partial charge on any atom is 0.233 e. The van der Waals surface area contributed by atoms with Crippen LogP contribution in [0.3, 0.4) is 0 Å². The normalized spacial score (nSPS) is 37.7. The molecular formula is C22H33N5O3S. The highest BCUT2D eigenvalue weighted by atomic mass is 32.2. The number of hydrogen-bond acceptors (Lipinski definition) is 6. The van der Waals surface area contributed by atoms with E-state index in [0.717, 1.165) is 57.4 Å². The molecule has 5 rings (SSSR count). The maximum absolute atomic E-state index is 12.8. The molecule has 0 spiro atoms. The molecule has 2 amide bonds. The van der Waals surface area contributed by atoms with Crippen LogP contribution in [-0.4, -0.2) is 97.6 Å². The van der Waals surface area contributed by atoms with Gasteiger partial charge < -0.3 is 15.4 Å². The fourth-order valence-corrected chi connectivity index (χ4v) is 7.55. The summed E-state index contributed by atoms with van der Waals surface area (Å²) in [7, 11) is 1.76. The van der Waals surface area contributed by atoms with Gasteiger partial charge in [-0.25, -0.2) is 0 Å². The van der Waals surface area contributed by atoms with Crippen molar-refractivity contribution in [2.24, 2.45) is 28.7 Å². The Morgan fingerprint density at radius 2 is 1.90 bits per heavy atom. The van der Waals surface area contributed by atoms with E-state index in [0.29, 0.717) is 13.1 Å². The van der Waals surface area contributed by atoms with E-state index in [1.807, 2.05) is 11.8 Å². The lowest BCUT2D eigenvalue weighted by Gasteiger charge is -2.43. The molecular weight excluding hydrogens is 414 g/mol.